The van der Waals surface area contributed by atoms with Crippen molar-refractivity contribution < 1.29 is 22.6 Å². The zero-order valence-electron chi connectivity index (χ0n) is 14.1. The van der Waals surface area contributed by atoms with Gasteiger partial charge in [-0.25, -0.2) is 9.97 Å². The molecular weight excluding hydrogens is 347 g/mol. The first kappa shape index (κ1) is 17.8. The number of anilines is 1. The molecule has 0 fully saturated rings. The highest BCUT2D eigenvalue weighted by atomic mass is 19.4. The molecule has 0 aliphatic heterocycles. The lowest BCUT2D eigenvalue weighted by Gasteiger charge is -2.13. The van der Waals surface area contributed by atoms with Gasteiger partial charge in [0.15, 0.2) is 11.5 Å². The first-order valence-electron chi connectivity index (χ1n) is 7.71. The molecule has 0 radical (unpaired) electrons. The molecule has 8 heteroatoms. The van der Waals surface area contributed by atoms with Gasteiger partial charge in [0.05, 0.1) is 19.7 Å². The second-order valence-corrected chi connectivity index (χ2v) is 5.45. The lowest BCUT2D eigenvalue weighted by atomic mass is 10.2. The largest absolute Gasteiger partial charge is 0.493 e. The van der Waals surface area contributed by atoms with Crippen LogP contribution in [0.5, 0.6) is 11.5 Å². The van der Waals surface area contributed by atoms with Crippen LogP contribution in [0.3, 0.4) is 0 Å². The van der Waals surface area contributed by atoms with E-state index in [0.717, 1.165) is 5.56 Å². The summed E-state index contributed by atoms with van der Waals surface area (Å²) in [6.07, 6.45) is -4.62. The minimum atomic E-state index is -4.62. The van der Waals surface area contributed by atoms with Crippen LogP contribution in [0.4, 0.5) is 19.0 Å². The van der Waals surface area contributed by atoms with E-state index in [9.17, 15) is 13.2 Å². The van der Waals surface area contributed by atoms with E-state index in [1.54, 1.807) is 36.4 Å². The van der Waals surface area contributed by atoms with Gasteiger partial charge in [0, 0.05) is 11.9 Å². The van der Waals surface area contributed by atoms with Crippen molar-refractivity contribution in [1.82, 2.24) is 9.97 Å². The van der Waals surface area contributed by atoms with Crippen LogP contribution >= 0.6 is 0 Å². The number of halogens is 3. The Morgan fingerprint density at radius 3 is 2.38 bits per heavy atom. The van der Waals surface area contributed by atoms with Crippen molar-refractivity contribution in [2.75, 3.05) is 19.5 Å². The second-order valence-electron chi connectivity index (χ2n) is 5.45. The van der Waals surface area contributed by atoms with Crippen LogP contribution < -0.4 is 14.8 Å². The zero-order valence-corrected chi connectivity index (χ0v) is 14.1. The summed E-state index contributed by atoms with van der Waals surface area (Å²) in [7, 11) is 3.05. The molecule has 5 nitrogen and oxygen atoms in total. The Balaban J connectivity index is 1.93. The molecular formula is C18H16F3N3O2. The predicted molar refractivity (Wildman–Crippen MR) is 91.4 cm³/mol. The Hall–Kier alpha value is -3.03. The smallest absolute Gasteiger partial charge is 0.451 e. The standard InChI is InChI=1S/C18H16F3N3O2/c1-25-14-8-7-11(9-15(14)26-2)10-22-16-12-5-3-4-6-13(12)23-17(24-16)18(19,20)21/h3-9H,10H2,1-2H3,(H,22,23,24). The van der Waals surface area contributed by atoms with Crippen LogP contribution in [0.15, 0.2) is 42.5 Å². The number of fused-ring (bicyclic) bond motifs is 1. The van der Waals surface area contributed by atoms with E-state index in [1.807, 2.05) is 0 Å². The van der Waals surface area contributed by atoms with Gasteiger partial charge in [0.2, 0.25) is 5.82 Å². The fraction of sp³-hybridized carbons (Fsp3) is 0.222. The van der Waals surface area contributed by atoms with Crippen molar-refractivity contribution in [3.05, 3.63) is 53.9 Å². The number of para-hydroxylation sites is 1. The molecule has 2 aromatic carbocycles. The molecule has 136 valence electrons. The third-order valence-electron chi connectivity index (χ3n) is 3.76. The normalized spacial score (nSPS) is 11.4. The van der Waals surface area contributed by atoms with Crippen molar-refractivity contribution in [3.8, 4) is 11.5 Å². The Morgan fingerprint density at radius 2 is 1.69 bits per heavy atom. The maximum Gasteiger partial charge on any atom is 0.451 e. The van der Waals surface area contributed by atoms with Gasteiger partial charge in [-0.3, -0.25) is 0 Å². The fourth-order valence-electron chi connectivity index (χ4n) is 2.51. The van der Waals surface area contributed by atoms with E-state index in [0.29, 0.717) is 16.9 Å². The first-order chi connectivity index (χ1) is 12.4. The number of hydrogen-bond donors (Lipinski definition) is 1. The number of benzene rings is 2. The molecule has 0 spiro atoms. The number of aromatic nitrogens is 2. The molecule has 1 N–H and O–H groups in total. The molecule has 0 saturated heterocycles. The van der Waals surface area contributed by atoms with E-state index in [2.05, 4.69) is 15.3 Å². The van der Waals surface area contributed by atoms with E-state index < -0.39 is 12.0 Å². The second kappa shape index (κ2) is 7.07. The maximum absolute atomic E-state index is 13.1. The molecule has 0 aliphatic rings. The number of ether oxygens (including phenoxy) is 2. The molecule has 3 aromatic rings. The molecule has 0 atom stereocenters. The number of nitrogens with zero attached hydrogens (tertiary/aromatic N) is 2. The summed E-state index contributed by atoms with van der Waals surface area (Å²) in [5.41, 5.74) is 1.03. The molecule has 0 saturated carbocycles. The third kappa shape index (κ3) is 3.63. The van der Waals surface area contributed by atoms with Gasteiger partial charge >= 0.3 is 6.18 Å². The summed E-state index contributed by atoms with van der Waals surface area (Å²) >= 11 is 0. The number of hydrogen-bond acceptors (Lipinski definition) is 5. The average Bonchev–Trinajstić information content (AvgIpc) is 2.64. The monoisotopic (exact) mass is 363 g/mol. The lowest BCUT2D eigenvalue weighted by molar-refractivity contribution is -0.144. The Bertz CT molecular complexity index is 929. The van der Waals surface area contributed by atoms with Gasteiger partial charge in [-0.1, -0.05) is 18.2 Å². The number of nitrogens with one attached hydrogen (secondary N) is 1. The van der Waals surface area contributed by atoms with Crippen molar-refractivity contribution in [2.45, 2.75) is 12.7 Å². The molecule has 1 aromatic heterocycles. The Morgan fingerprint density at radius 1 is 0.962 bits per heavy atom. The fourth-order valence-corrected chi connectivity index (χ4v) is 2.51. The minimum Gasteiger partial charge on any atom is -0.493 e. The molecule has 0 unspecified atom stereocenters. The van der Waals surface area contributed by atoms with Gasteiger partial charge in [-0.2, -0.15) is 13.2 Å². The lowest BCUT2D eigenvalue weighted by Crippen LogP contribution is -2.13. The predicted octanol–water partition coefficient (Wildman–Crippen LogP) is 4.28. The van der Waals surface area contributed by atoms with Crippen LogP contribution in [-0.4, -0.2) is 24.2 Å². The molecule has 26 heavy (non-hydrogen) atoms. The van der Waals surface area contributed by atoms with Crippen LogP contribution in [-0.2, 0) is 12.7 Å². The summed E-state index contributed by atoms with van der Waals surface area (Å²) in [4.78, 5) is 7.26. The zero-order chi connectivity index (χ0) is 18.7. The highest BCUT2D eigenvalue weighted by Crippen LogP contribution is 2.31. The maximum atomic E-state index is 13.1. The quantitative estimate of drug-likeness (QED) is 0.733. The first-order valence-corrected chi connectivity index (χ1v) is 7.71. The third-order valence-corrected chi connectivity index (χ3v) is 3.76. The van der Waals surface area contributed by atoms with E-state index >= 15 is 0 Å². The summed E-state index contributed by atoms with van der Waals surface area (Å²) in [6, 6.07) is 11.8. The van der Waals surface area contributed by atoms with Gasteiger partial charge in [0.1, 0.15) is 5.82 Å². The van der Waals surface area contributed by atoms with Gasteiger partial charge in [-0.05, 0) is 29.8 Å². The number of rotatable bonds is 5. The van der Waals surface area contributed by atoms with Crippen LogP contribution in [0.1, 0.15) is 11.4 Å². The van der Waals surface area contributed by atoms with Crippen LogP contribution in [0.25, 0.3) is 10.9 Å². The van der Waals surface area contributed by atoms with E-state index in [4.69, 9.17) is 9.47 Å². The average molecular weight is 363 g/mol. The summed E-state index contributed by atoms with van der Waals surface area (Å²) in [6.45, 7) is 0.263. The Kier molecular flexibility index (Phi) is 4.83. The summed E-state index contributed by atoms with van der Waals surface area (Å²) in [5.74, 6) is 0.0575. The number of methoxy groups -OCH3 is 2. The van der Waals surface area contributed by atoms with Crippen molar-refractivity contribution in [2.24, 2.45) is 0 Å². The molecule has 3 rings (SSSR count). The minimum absolute atomic E-state index is 0.123. The van der Waals surface area contributed by atoms with Gasteiger partial charge < -0.3 is 14.8 Å². The van der Waals surface area contributed by atoms with Gasteiger partial charge in [0.25, 0.3) is 0 Å². The van der Waals surface area contributed by atoms with E-state index in [-0.39, 0.29) is 17.9 Å². The van der Waals surface area contributed by atoms with E-state index in [1.165, 1.54) is 20.3 Å². The van der Waals surface area contributed by atoms with Crippen molar-refractivity contribution in [3.63, 3.8) is 0 Å². The molecule has 1 heterocycles. The Labute approximate surface area is 147 Å². The highest BCUT2D eigenvalue weighted by molar-refractivity contribution is 5.89. The van der Waals surface area contributed by atoms with Crippen LogP contribution in [0.2, 0.25) is 0 Å². The van der Waals surface area contributed by atoms with Crippen LogP contribution in [0, 0.1) is 0 Å². The highest BCUT2D eigenvalue weighted by Gasteiger charge is 2.35. The van der Waals surface area contributed by atoms with Crippen molar-refractivity contribution >= 4 is 16.7 Å². The topological polar surface area (TPSA) is 56.3 Å². The summed E-state index contributed by atoms with van der Waals surface area (Å²) in [5, 5.41) is 3.47. The van der Waals surface area contributed by atoms with Crippen molar-refractivity contribution in [1.29, 1.82) is 0 Å². The number of alkyl halides is 3. The molecule has 0 amide bonds. The SMILES string of the molecule is COc1ccc(CNc2nc(C(F)(F)F)nc3ccccc23)cc1OC. The molecule has 0 aliphatic carbocycles. The molecule has 0 bridgehead atoms. The summed E-state index contributed by atoms with van der Waals surface area (Å²) < 4.78 is 49.6. The van der Waals surface area contributed by atoms with Gasteiger partial charge in [-0.15, -0.1) is 0 Å².